The van der Waals surface area contributed by atoms with E-state index in [9.17, 15) is 4.79 Å². The van der Waals surface area contributed by atoms with Crippen molar-refractivity contribution in [2.75, 3.05) is 20.3 Å². The van der Waals surface area contributed by atoms with E-state index in [1.807, 2.05) is 12.1 Å². The van der Waals surface area contributed by atoms with Crippen molar-refractivity contribution >= 4 is 5.97 Å². The minimum Gasteiger partial charge on any atom is -0.496 e. The highest BCUT2D eigenvalue weighted by Gasteiger charge is 2.20. The Kier molecular flexibility index (Phi) is 4.80. The van der Waals surface area contributed by atoms with E-state index in [-0.39, 0.29) is 5.97 Å². The van der Waals surface area contributed by atoms with E-state index in [0.717, 1.165) is 24.3 Å². The van der Waals surface area contributed by atoms with Gasteiger partial charge in [-0.2, -0.15) is 0 Å². The molecule has 1 aromatic carbocycles. The number of rotatable bonds is 4. The lowest BCUT2D eigenvalue weighted by Crippen LogP contribution is -2.27. The standard InChI is InChI=1S/C15H21NO3/c1-3-19-15(17)11-7-8-12(14(10-11)18-2)13-6-4-5-9-16-13/h7-8,10,13,16H,3-6,9H2,1-2H3/t13-/m0/s1. The van der Waals surface area contributed by atoms with E-state index in [2.05, 4.69) is 5.32 Å². The molecule has 0 saturated carbocycles. The first-order valence-corrected chi connectivity index (χ1v) is 6.84. The molecule has 1 aliphatic heterocycles. The Morgan fingerprint density at radius 3 is 2.89 bits per heavy atom. The summed E-state index contributed by atoms with van der Waals surface area (Å²) in [5.41, 5.74) is 1.66. The van der Waals surface area contributed by atoms with Gasteiger partial charge < -0.3 is 14.8 Å². The summed E-state index contributed by atoms with van der Waals surface area (Å²) in [7, 11) is 1.64. The van der Waals surface area contributed by atoms with Crippen molar-refractivity contribution < 1.29 is 14.3 Å². The summed E-state index contributed by atoms with van der Waals surface area (Å²) >= 11 is 0. The summed E-state index contributed by atoms with van der Waals surface area (Å²) in [5.74, 6) is 0.453. The number of methoxy groups -OCH3 is 1. The average molecular weight is 263 g/mol. The Bertz CT molecular complexity index is 439. The highest BCUT2D eigenvalue weighted by atomic mass is 16.5. The van der Waals surface area contributed by atoms with Crippen LogP contribution in [0.2, 0.25) is 0 Å². The first kappa shape index (κ1) is 13.9. The third-order valence-corrected chi connectivity index (χ3v) is 3.43. The van der Waals surface area contributed by atoms with Crippen LogP contribution in [0.15, 0.2) is 18.2 Å². The summed E-state index contributed by atoms with van der Waals surface area (Å²) in [6.07, 6.45) is 3.55. The van der Waals surface area contributed by atoms with E-state index >= 15 is 0 Å². The Labute approximate surface area is 114 Å². The van der Waals surface area contributed by atoms with Crippen molar-refractivity contribution in [3.05, 3.63) is 29.3 Å². The van der Waals surface area contributed by atoms with Crippen LogP contribution in [0.1, 0.15) is 48.1 Å². The van der Waals surface area contributed by atoms with Crippen LogP contribution >= 0.6 is 0 Å². The van der Waals surface area contributed by atoms with Gasteiger partial charge in [0.05, 0.1) is 19.3 Å². The predicted octanol–water partition coefficient (Wildman–Crippen LogP) is 2.69. The highest BCUT2D eigenvalue weighted by molar-refractivity contribution is 5.90. The van der Waals surface area contributed by atoms with Crippen LogP contribution < -0.4 is 10.1 Å². The lowest BCUT2D eigenvalue weighted by atomic mass is 9.96. The number of benzene rings is 1. The Balaban J connectivity index is 2.22. The molecule has 0 unspecified atom stereocenters. The van der Waals surface area contributed by atoms with Crippen molar-refractivity contribution in [2.45, 2.75) is 32.2 Å². The highest BCUT2D eigenvalue weighted by Crippen LogP contribution is 2.31. The van der Waals surface area contributed by atoms with Crippen molar-refractivity contribution in [1.29, 1.82) is 0 Å². The lowest BCUT2D eigenvalue weighted by Gasteiger charge is -2.25. The summed E-state index contributed by atoms with van der Waals surface area (Å²) in [6.45, 7) is 3.22. The Morgan fingerprint density at radius 2 is 2.26 bits per heavy atom. The molecule has 2 rings (SSSR count). The molecule has 0 aliphatic carbocycles. The zero-order valence-electron chi connectivity index (χ0n) is 11.6. The largest absolute Gasteiger partial charge is 0.496 e. The average Bonchev–Trinajstić information content (AvgIpc) is 2.47. The van der Waals surface area contributed by atoms with E-state index in [1.54, 1.807) is 20.1 Å². The van der Waals surface area contributed by atoms with Crippen LogP contribution in [-0.2, 0) is 4.74 Å². The van der Waals surface area contributed by atoms with Crippen molar-refractivity contribution in [2.24, 2.45) is 0 Å². The quantitative estimate of drug-likeness (QED) is 0.848. The van der Waals surface area contributed by atoms with Crippen LogP contribution in [-0.4, -0.2) is 26.2 Å². The van der Waals surface area contributed by atoms with E-state index in [1.165, 1.54) is 12.8 Å². The Morgan fingerprint density at radius 1 is 1.42 bits per heavy atom. The van der Waals surface area contributed by atoms with Gasteiger partial charge in [-0.1, -0.05) is 12.5 Å². The second-order valence-corrected chi connectivity index (χ2v) is 4.68. The number of carbonyl (C=O) groups excluding carboxylic acids is 1. The van der Waals surface area contributed by atoms with Gasteiger partial charge in [-0.25, -0.2) is 4.79 Å². The number of nitrogens with one attached hydrogen (secondary N) is 1. The van der Waals surface area contributed by atoms with Crippen molar-refractivity contribution in [3.8, 4) is 5.75 Å². The molecule has 1 fully saturated rings. The Hall–Kier alpha value is -1.55. The van der Waals surface area contributed by atoms with Gasteiger partial charge in [-0.3, -0.25) is 0 Å². The van der Waals surface area contributed by atoms with Gasteiger partial charge in [0.2, 0.25) is 0 Å². The fourth-order valence-corrected chi connectivity index (χ4v) is 2.46. The molecule has 0 spiro atoms. The van der Waals surface area contributed by atoms with Gasteiger partial charge in [-0.15, -0.1) is 0 Å². The summed E-state index contributed by atoms with van der Waals surface area (Å²) in [4.78, 5) is 11.7. The predicted molar refractivity (Wildman–Crippen MR) is 73.5 cm³/mol. The molecule has 1 saturated heterocycles. The molecule has 19 heavy (non-hydrogen) atoms. The van der Waals surface area contributed by atoms with Gasteiger partial charge in [0, 0.05) is 11.6 Å². The molecule has 104 valence electrons. The number of hydrogen-bond acceptors (Lipinski definition) is 4. The molecule has 0 aromatic heterocycles. The van der Waals surface area contributed by atoms with Crippen LogP contribution in [0, 0.1) is 0 Å². The van der Waals surface area contributed by atoms with Crippen LogP contribution in [0.5, 0.6) is 5.75 Å². The van der Waals surface area contributed by atoms with Crippen molar-refractivity contribution in [1.82, 2.24) is 5.32 Å². The molecule has 1 atom stereocenters. The third kappa shape index (κ3) is 3.26. The molecule has 1 aliphatic rings. The molecular weight excluding hydrogens is 242 g/mol. The first-order valence-electron chi connectivity index (χ1n) is 6.84. The molecule has 1 heterocycles. The molecule has 4 heteroatoms. The van der Waals surface area contributed by atoms with Gasteiger partial charge in [0.15, 0.2) is 0 Å². The van der Waals surface area contributed by atoms with Gasteiger partial charge in [0.1, 0.15) is 5.75 Å². The zero-order valence-corrected chi connectivity index (χ0v) is 11.6. The molecule has 4 nitrogen and oxygen atoms in total. The minimum atomic E-state index is -0.302. The molecular formula is C15H21NO3. The first-order chi connectivity index (χ1) is 9.26. The normalized spacial score (nSPS) is 18.9. The number of hydrogen-bond donors (Lipinski definition) is 1. The lowest BCUT2D eigenvalue weighted by molar-refractivity contribution is 0.0526. The van der Waals surface area contributed by atoms with Crippen LogP contribution in [0.3, 0.4) is 0 Å². The van der Waals surface area contributed by atoms with Gasteiger partial charge >= 0.3 is 5.97 Å². The molecule has 1 aromatic rings. The monoisotopic (exact) mass is 263 g/mol. The number of ether oxygens (including phenoxy) is 2. The maximum atomic E-state index is 11.7. The smallest absolute Gasteiger partial charge is 0.338 e. The topological polar surface area (TPSA) is 47.6 Å². The zero-order chi connectivity index (χ0) is 13.7. The number of carbonyl (C=O) groups is 1. The SMILES string of the molecule is CCOC(=O)c1ccc([C@@H]2CCCCN2)c(OC)c1. The molecule has 0 amide bonds. The van der Waals surface area contributed by atoms with E-state index in [0.29, 0.717) is 18.2 Å². The molecule has 0 radical (unpaired) electrons. The summed E-state index contributed by atoms with van der Waals surface area (Å²) in [6, 6.07) is 5.86. The summed E-state index contributed by atoms with van der Waals surface area (Å²) in [5, 5.41) is 3.49. The van der Waals surface area contributed by atoms with Crippen molar-refractivity contribution in [3.63, 3.8) is 0 Å². The minimum absolute atomic E-state index is 0.302. The van der Waals surface area contributed by atoms with E-state index < -0.39 is 0 Å². The van der Waals surface area contributed by atoms with Crippen LogP contribution in [0.4, 0.5) is 0 Å². The maximum absolute atomic E-state index is 11.7. The van der Waals surface area contributed by atoms with Gasteiger partial charge in [-0.05, 0) is 38.4 Å². The molecule has 0 bridgehead atoms. The molecule has 1 N–H and O–H groups in total. The fraction of sp³-hybridized carbons (Fsp3) is 0.533. The van der Waals surface area contributed by atoms with Gasteiger partial charge in [0.25, 0.3) is 0 Å². The third-order valence-electron chi connectivity index (χ3n) is 3.43. The second kappa shape index (κ2) is 6.57. The number of esters is 1. The summed E-state index contributed by atoms with van der Waals surface area (Å²) < 4.78 is 10.4. The van der Waals surface area contributed by atoms with E-state index in [4.69, 9.17) is 9.47 Å². The fourth-order valence-electron chi connectivity index (χ4n) is 2.46. The second-order valence-electron chi connectivity index (χ2n) is 4.68. The van der Waals surface area contributed by atoms with Crippen LogP contribution in [0.25, 0.3) is 0 Å². The number of piperidine rings is 1. The maximum Gasteiger partial charge on any atom is 0.338 e.